The Labute approximate surface area is 101 Å². The number of aliphatic imine (C=N–C) groups is 1. The van der Waals surface area contributed by atoms with Crippen molar-refractivity contribution in [2.75, 3.05) is 13.2 Å². The van der Waals surface area contributed by atoms with Crippen LogP contribution in [0.25, 0.3) is 0 Å². The predicted molar refractivity (Wildman–Crippen MR) is 53.1 cm³/mol. The summed E-state index contributed by atoms with van der Waals surface area (Å²) < 4.78 is 0. The molecule has 0 spiro atoms. The van der Waals surface area contributed by atoms with Crippen LogP contribution in [0.3, 0.4) is 0 Å². The van der Waals surface area contributed by atoms with E-state index in [0.717, 1.165) is 6.42 Å². The van der Waals surface area contributed by atoms with Gasteiger partial charge in [-0.15, -0.1) is 0 Å². The van der Waals surface area contributed by atoms with Crippen molar-refractivity contribution in [2.24, 2.45) is 4.99 Å². The van der Waals surface area contributed by atoms with Gasteiger partial charge in [-0.1, -0.05) is 19.4 Å². The van der Waals surface area contributed by atoms with E-state index in [-0.39, 0.29) is 41.0 Å². The van der Waals surface area contributed by atoms with E-state index in [4.69, 9.17) is 10.2 Å². The molecule has 0 aromatic carbocycles. The minimum atomic E-state index is -0.0995. The molecule has 4 nitrogen and oxygen atoms in total. The minimum absolute atomic E-state index is 0. The van der Waals surface area contributed by atoms with Crippen molar-refractivity contribution in [1.29, 1.82) is 0 Å². The fraction of sp³-hybridized carbons (Fsp3) is 0.778. The SMILES string of the molecule is CCO.CCO.[CH2-]C(CC)N=C=O.[Ti]. The molecule has 0 aliphatic heterocycles. The largest absolute Gasteiger partial charge is 0.397 e. The van der Waals surface area contributed by atoms with Gasteiger partial charge in [-0.2, -0.15) is 0 Å². The van der Waals surface area contributed by atoms with E-state index >= 15 is 0 Å². The van der Waals surface area contributed by atoms with Gasteiger partial charge >= 0.3 is 0 Å². The van der Waals surface area contributed by atoms with Gasteiger partial charge in [0.1, 0.15) is 0 Å². The summed E-state index contributed by atoms with van der Waals surface area (Å²) in [6.07, 6.45) is 2.23. The van der Waals surface area contributed by atoms with Crippen molar-refractivity contribution in [3.63, 3.8) is 0 Å². The maximum absolute atomic E-state index is 9.44. The number of hydrogen-bond donors (Lipinski definition) is 2. The van der Waals surface area contributed by atoms with Gasteiger partial charge in [-0.05, 0) is 13.8 Å². The van der Waals surface area contributed by atoms with Gasteiger partial charge in [0, 0.05) is 34.9 Å². The Hall–Kier alpha value is 0.0143. The molecule has 0 rings (SSSR count). The first-order valence-corrected chi connectivity index (χ1v) is 4.26. The fourth-order valence-electron chi connectivity index (χ4n) is 0.166. The van der Waals surface area contributed by atoms with Gasteiger partial charge in [0.2, 0.25) is 6.08 Å². The monoisotopic (exact) mass is 238 g/mol. The van der Waals surface area contributed by atoms with E-state index < -0.39 is 0 Å². The second kappa shape index (κ2) is 29.2. The normalized spacial score (nSPS) is 8.71. The number of aliphatic hydroxyl groups is 2. The Bertz CT molecular complexity index is 115. The van der Waals surface area contributed by atoms with E-state index in [2.05, 4.69) is 11.9 Å². The first kappa shape index (κ1) is 23.7. The zero-order chi connectivity index (χ0) is 11.1. The summed E-state index contributed by atoms with van der Waals surface area (Å²) in [7, 11) is 0. The van der Waals surface area contributed by atoms with Crippen LogP contribution in [0.5, 0.6) is 0 Å². The molecule has 0 aliphatic carbocycles. The number of rotatable bonds is 2. The molecule has 1 atom stereocenters. The topological polar surface area (TPSA) is 69.9 Å². The summed E-state index contributed by atoms with van der Waals surface area (Å²) in [6.45, 7) is 9.29. The molecule has 5 heteroatoms. The first-order chi connectivity index (χ1) is 6.14. The third-order valence-electron chi connectivity index (χ3n) is 0.707. The summed E-state index contributed by atoms with van der Waals surface area (Å²) in [5, 5.41) is 15.1. The van der Waals surface area contributed by atoms with Gasteiger partial charge in [0.05, 0.1) is 0 Å². The van der Waals surface area contributed by atoms with Crippen LogP contribution in [0.4, 0.5) is 0 Å². The molecule has 0 heterocycles. The molecular weight excluding hydrogens is 218 g/mol. The quantitative estimate of drug-likeness (QED) is 0.325. The van der Waals surface area contributed by atoms with Crippen molar-refractivity contribution in [3.05, 3.63) is 6.92 Å². The summed E-state index contributed by atoms with van der Waals surface area (Å²) in [5.41, 5.74) is 0. The van der Waals surface area contributed by atoms with Gasteiger partial charge in [0.15, 0.2) is 0 Å². The molecule has 0 amide bonds. The Kier molecular flexibility index (Phi) is 49.4. The molecule has 84 valence electrons. The van der Waals surface area contributed by atoms with Crippen LogP contribution in [0.1, 0.15) is 27.2 Å². The van der Waals surface area contributed by atoms with E-state index in [1.165, 1.54) is 6.08 Å². The van der Waals surface area contributed by atoms with Crippen molar-refractivity contribution < 1.29 is 36.7 Å². The van der Waals surface area contributed by atoms with Crippen molar-refractivity contribution >= 4 is 6.08 Å². The van der Waals surface area contributed by atoms with Crippen LogP contribution in [0.15, 0.2) is 4.99 Å². The van der Waals surface area contributed by atoms with Gasteiger partial charge in [0.25, 0.3) is 0 Å². The molecule has 0 saturated heterocycles. The second-order valence-corrected chi connectivity index (χ2v) is 1.91. The first-order valence-electron chi connectivity index (χ1n) is 4.26. The molecule has 0 aliphatic rings. The van der Waals surface area contributed by atoms with E-state index in [1.807, 2.05) is 6.92 Å². The molecule has 0 saturated carbocycles. The molecule has 0 bridgehead atoms. The van der Waals surface area contributed by atoms with Crippen LogP contribution in [-0.4, -0.2) is 35.5 Å². The summed E-state index contributed by atoms with van der Waals surface area (Å²) in [6, 6.07) is -0.0995. The van der Waals surface area contributed by atoms with E-state index in [1.54, 1.807) is 13.8 Å². The molecular formula is C9H20NO3Ti-. The zero-order valence-corrected chi connectivity index (χ0v) is 10.7. The van der Waals surface area contributed by atoms with Crippen LogP contribution in [0.2, 0.25) is 0 Å². The average molecular weight is 238 g/mol. The number of isocyanates is 1. The molecule has 1 unspecified atom stereocenters. The van der Waals surface area contributed by atoms with E-state index in [9.17, 15) is 4.79 Å². The smallest absolute Gasteiger partial charge is 0.232 e. The van der Waals surface area contributed by atoms with E-state index in [0.29, 0.717) is 0 Å². The third kappa shape index (κ3) is 58.0. The zero-order valence-electron chi connectivity index (χ0n) is 9.16. The van der Waals surface area contributed by atoms with Crippen molar-refractivity contribution in [1.82, 2.24) is 0 Å². The van der Waals surface area contributed by atoms with Gasteiger partial charge in [-0.25, -0.2) is 9.79 Å². The third-order valence-corrected chi connectivity index (χ3v) is 0.707. The molecule has 0 radical (unpaired) electrons. The molecule has 14 heavy (non-hydrogen) atoms. The number of hydrogen-bond acceptors (Lipinski definition) is 4. The standard InChI is InChI=1S/C5H8NO.2C2H6O.Ti/c1-3-5(2)6-4-7;2*1-2-3;/h5H,2-3H2,1H3;2*3H,2H2,1H3;/q-1;;;. The predicted octanol–water partition coefficient (Wildman–Crippen LogP) is 0.930. The summed E-state index contributed by atoms with van der Waals surface area (Å²) in [5.74, 6) is 0. The average Bonchev–Trinajstić information content (AvgIpc) is 2.07. The van der Waals surface area contributed by atoms with Crippen LogP contribution in [0, 0.1) is 6.92 Å². The van der Waals surface area contributed by atoms with Crippen molar-refractivity contribution in [2.45, 2.75) is 33.2 Å². The van der Waals surface area contributed by atoms with Gasteiger partial charge < -0.3 is 17.1 Å². The Balaban J connectivity index is -0.0000000610. The van der Waals surface area contributed by atoms with Crippen molar-refractivity contribution in [3.8, 4) is 0 Å². The fourth-order valence-corrected chi connectivity index (χ4v) is 0.166. The second-order valence-electron chi connectivity index (χ2n) is 1.91. The maximum atomic E-state index is 9.44. The van der Waals surface area contributed by atoms with Crippen LogP contribution < -0.4 is 0 Å². The Morgan fingerprint density at radius 3 is 1.64 bits per heavy atom. The van der Waals surface area contributed by atoms with Gasteiger partial charge in [-0.3, -0.25) is 0 Å². The maximum Gasteiger partial charge on any atom is 0.232 e. The number of carbonyl (C=O) groups excluding carboxylic acids is 1. The number of nitrogens with zero attached hydrogens (tertiary/aromatic N) is 1. The Morgan fingerprint density at radius 2 is 1.57 bits per heavy atom. The van der Waals surface area contributed by atoms with Crippen LogP contribution in [-0.2, 0) is 26.5 Å². The molecule has 2 N–H and O–H groups in total. The number of aliphatic hydroxyl groups excluding tert-OH is 2. The summed E-state index contributed by atoms with van der Waals surface area (Å²) in [4.78, 5) is 12.8. The molecule has 0 aromatic heterocycles. The summed E-state index contributed by atoms with van der Waals surface area (Å²) >= 11 is 0. The van der Waals surface area contributed by atoms with Crippen LogP contribution >= 0.6 is 0 Å². The molecule has 0 fully saturated rings. The molecule has 0 aromatic rings. The minimum Gasteiger partial charge on any atom is -0.397 e. The Morgan fingerprint density at radius 1 is 1.29 bits per heavy atom.